The number of anilines is 1. The summed E-state index contributed by atoms with van der Waals surface area (Å²) in [6, 6.07) is 1.54. The third kappa shape index (κ3) is 2.70. The standard InChI is InChI=1S/C10H9N5OS/c11-7-4-15-8(3-6(7)10(12)16)17-9-5-13-1-2-14-9/h1-5H,11H2,(H2,12,16). The summed E-state index contributed by atoms with van der Waals surface area (Å²) >= 11 is 1.28. The van der Waals surface area contributed by atoms with Crippen molar-refractivity contribution in [3.8, 4) is 0 Å². The lowest BCUT2D eigenvalue weighted by Gasteiger charge is -2.03. The molecule has 0 bridgehead atoms. The summed E-state index contributed by atoms with van der Waals surface area (Å²) < 4.78 is 0. The molecule has 4 N–H and O–H groups in total. The van der Waals surface area contributed by atoms with Crippen LogP contribution in [0.4, 0.5) is 5.69 Å². The lowest BCUT2D eigenvalue weighted by Crippen LogP contribution is -2.13. The highest BCUT2D eigenvalue weighted by atomic mass is 32.2. The molecule has 0 saturated heterocycles. The predicted molar refractivity (Wildman–Crippen MR) is 63.3 cm³/mol. The summed E-state index contributed by atoms with van der Waals surface area (Å²) in [5, 5.41) is 1.27. The molecule has 17 heavy (non-hydrogen) atoms. The summed E-state index contributed by atoms with van der Waals surface area (Å²) in [4.78, 5) is 23.2. The van der Waals surface area contributed by atoms with Crippen molar-refractivity contribution in [2.24, 2.45) is 5.73 Å². The fraction of sp³-hybridized carbons (Fsp3) is 0. The highest BCUT2D eigenvalue weighted by Crippen LogP contribution is 2.25. The van der Waals surface area contributed by atoms with Crippen molar-refractivity contribution in [2.75, 3.05) is 5.73 Å². The second-order valence-corrected chi connectivity index (χ2v) is 4.16. The second kappa shape index (κ2) is 4.79. The van der Waals surface area contributed by atoms with E-state index in [0.717, 1.165) is 0 Å². The van der Waals surface area contributed by atoms with Crippen molar-refractivity contribution < 1.29 is 4.79 Å². The van der Waals surface area contributed by atoms with Gasteiger partial charge in [-0.05, 0) is 17.8 Å². The third-order valence-electron chi connectivity index (χ3n) is 1.92. The van der Waals surface area contributed by atoms with Gasteiger partial charge in [0.2, 0.25) is 0 Å². The SMILES string of the molecule is NC(=O)c1cc(Sc2cnccn2)ncc1N. The minimum Gasteiger partial charge on any atom is -0.397 e. The van der Waals surface area contributed by atoms with E-state index in [2.05, 4.69) is 15.0 Å². The number of primary amides is 1. The molecule has 2 heterocycles. The van der Waals surface area contributed by atoms with Gasteiger partial charge in [-0.1, -0.05) is 0 Å². The van der Waals surface area contributed by atoms with E-state index in [1.54, 1.807) is 18.6 Å². The Balaban J connectivity index is 2.29. The topological polar surface area (TPSA) is 108 Å². The first kappa shape index (κ1) is 11.3. The summed E-state index contributed by atoms with van der Waals surface area (Å²) in [7, 11) is 0. The van der Waals surface area contributed by atoms with Crippen molar-refractivity contribution >= 4 is 23.4 Å². The van der Waals surface area contributed by atoms with E-state index < -0.39 is 5.91 Å². The number of pyridine rings is 1. The normalized spacial score (nSPS) is 10.1. The molecule has 86 valence electrons. The molecule has 2 rings (SSSR count). The van der Waals surface area contributed by atoms with Crippen molar-refractivity contribution in [1.29, 1.82) is 0 Å². The summed E-state index contributed by atoms with van der Waals surface area (Å²) in [5.41, 5.74) is 11.3. The van der Waals surface area contributed by atoms with E-state index in [0.29, 0.717) is 10.1 Å². The maximum Gasteiger partial charge on any atom is 0.250 e. The van der Waals surface area contributed by atoms with Crippen molar-refractivity contribution in [2.45, 2.75) is 10.1 Å². The Morgan fingerprint density at radius 2 is 2.00 bits per heavy atom. The van der Waals surface area contributed by atoms with E-state index >= 15 is 0 Å². The van der Waals surface area contributed by atoms with Crippen LogP contribution in [-0.2, 0) is 0 Å². The average molecular weight is 247 g/mol. The molecule has 0 aromatic carbocycles. The Hall–Kier alpha value is -2.15. The van der Waals surface area contributed by atoms with Gasteiger partial charge in [-0.25, -0.2) is 9.97 Å². The van der Waals surface area contributed by atoms with Gasteiger partial charge in [-0.15, -0.1) is 0 Å². The average Bonchev–Trinajstić information content (AvgIpc) is 2.32. The van der Waals surface area contributed by atoms with Gasteiger partial charge in [0.25, 0.3) is 5.91 Å². The molecular weight excluding hydrogens is 238 g/mol. The minimum absolute atomic E-state index is 0.256. The highest BCUT2D eigenvalue weighted by molar-refractivity contribution is 7.99. The molecule has 0 aliphatic rings. The van der Waals surface area contributed by atoms with E-state index in [1.807, 2.05) is 0 Å². The first-order chi connectivity index (χ1) is 8.16. The zero-order chi connectivity index (χ0) is 12.3. The lowest BCUT2D eigenvalue weighted by atomic mass is 10.2. The van der Waals surface area contributed by atoms with Crippen molar-refractivity contribution in [1.82, 2.24) is 15.0 Å². The van der Waals surface area contributed by atoms with Crippen LogP contribution in [0.3, 0.4) is 0 Å². The van der Waals surface area contributed by atoms with Gasteiger partial charge in [0.1, 0.15) is 10.1 Å². The maximum absolute atomic E-state index is 11.1. The van der Waals surface area contributed by atoms with Gasteiger partial charge in [-0.2, -0.15) is 0 Å². The quantitative estimate of drug-likeness (QED) is 0.826. The third-order valence-corrected chi connectivity index (χ3v) is 2.78. The van der Waals surface area contributed by atoms with E-state index in [1.165, 1.54) is 24.0 Å². The molecule has 0 atom stereocenters. The number of nitrogens with two attached hydrogens (primary N) is 2. The zero-order valence-electron chi connectivity index (χ0n) is 8.70. The Bertz CT molecular complexity index is 546. The smallest absolute Gasteiger partial charge is 0.250 e. The molecule has 2 aromatic rings. The van der Waals surface area contributed by atoms with Crippen LogP contribution in [0.5, 0.6) is 0 Å². The molecular formula is C10H9N5OS. The predicted octanol–water partition coefficient (Wildman–Crippen LogP) is 0.704. The Labute approximate surface area is 101 Å². The minimum atomic E-state index is -0.578. The van der Waals surface area contributed by atoms with Gasteiger partial charge < -0.3 is 11.5 Å². The first-order valence-electron chi connectivity index (χ1n) is 4.66. The molecule has 0 unspecified atom stereocenters. The Kier molecular flexibility index (Phi) is 3.20. The molecule has 0 radical (unpaired) electrons. The lowest BCUT2D eigenvalue weighted by molar-refractivity contribution is 0.100. The number of carbonyl (C=O) groups excluding carboxylic acids is 1. The second-order valence-electron chi connectivity index (χ2n) is 3.12. The van der Waals surface area contributed by atoms with Crippen molar-refractivity contribution in [3.63, 3.8) is 0 Å². The van der Waals surface area contributed by atoms with Crippen LogP contribution in [0.1, 0.15) is 10.4 Å². The number of aromatic nitrogens is 3. The van der Waals surface area contributed by atoms with Crippen LogP contribution in [0, 0.1) is 0 Å². The number of amides is 1. The van der Waals surface area contributed by atoms with Crippen LogP contribution in [0.2, 0.25) is 0 Å². The highest BCUT2D eigenvalue weighted by Gasteiger charge is 2.09. The molecule has 0 saturated carbocycles. The zero-order valence-corrected chi connectivity index (χ0v) is 9.52. The molecule has 0 aliphatic heterocycles. The van der Waals surface area contributed by atoms with Gasteiger partial charge in [-0.3, -0.25) is 9.78 Å². The number of nitrogen functional groups attached to an aromatic ring is 1. The van der Waals surface area contributed by atoms with Gasteiger partial charge in [0.15, 0.2) is 0 Å². The molecule has 2 aromatic heterocycles. The molecule has 0 aliphatic carbocycles. The summed E-state index contributed by atoms with van der Waals surface area (Å²) in [6.45, 7) is 0. The maximum atomic E-state index is 11.1. The van der Waals surface area contributed by atoms with E-state index in [4.69, 9.17) is 11.5 Å². The largest absolute Gasteiger partial charge is 0.397 e. The molecule has 7 heteroatoms. The molecule has 0 fully saturated rings. The number of nitrogens with zero attached hydrogens (tertiary/aromatic N) is 3. The molecule has 1 amide bonds. The molecule has 0 spiro atoms. The summed E-state index contributed by atoms with van der Waals surface area (Å²) in [5.74, 6) is -0.578. The monoisotopic (exact) mass is 247 g/mol. The fourth-order valence-corrected chi connectivity index (χ4v) is 1.88. The molecule has 6 nitrogen and oxygen atoms in total. The van der Waals surface area contributed by atoms with Gasteiger partial charge >= 0.3 is 0 Å². The van der Waals surface area contributed by atoms with Gasteiger partial charge in [0, 0.05) is 12.4 Å². The van der Waals surface area contributed by atoms with E-state index in [-0.39, 0.29) is 11.3 Å². The van der Waals surface area contributed by atoms with Crippen LogP contribution in [0.25, 0.3) is 0 Å². The van der Waals surface area contributed by atoms with Crippen LogP contribution in [-0.4, -0.2) is 20.9 Å². The number of hydrogen-bond donors (Lipinski definition) is 2. The number of hydrogen-bond acceptors (Lipinski definition) is 6. The number of carbonyl (C=O) groups is 1. The van der Waals surface area contributed by atoms with Crippen molar-refractivity contribution in [3.05, 3.63) is 36.4 Å². The Morgan fingerprint density at radius 3 is 2.65 bits per heavy atom. The van der Waals surface area contributed by atoms with E-state index in [9.17, 15) is 4.79 Å². The van der Waals surface area contributed by atoms with Crippen LogP contribution in [0.15, 0.2) is 40.9 Å². The fourth-order valence-electron chi connectivity index (χ4n) is 1.16. The number of rotatable bonds is 3. The summed E-state index contributed by atoms with van der Waals surface area (Å²) in [6.07, 6.45) is 6.16. The first-order valence-corrected chi connectivity index (χ1v) is 5.47. The van der Waals surface area contributed by atoms with Crippen LogP contribution < -0.4 is 11.5 Å². The van der Waals surface area contributed by atoms with Crippen LogP contribution >= 0.6 is 11.8 Å². The van der Waals surface area contributed by atoms with Gasteiger partial charge in [0.05, 0.1) is 23.6 Å². The Morgan fingerprint density at radius 1 is 1.18 bits per heavy atom.